The summed E-state index contributed by atoms with van der Waals surface area (Å²) in [6, 6.07) is 6.10. The van der Waals surface area contributed by atoms with Crippen LogP contribution in [0.5, 0.6) is 0 Å². The number of nitrogens with zero attached hydrogens (tertiary/aromatic N) is 1. The van der Waals surface area contributed by atoms with Gasteiger partial charge in [0.05, 0.1) is 18.2 Å². The lowest BCUT2D eigenvalue weighted by atomic mass is 10.2. The highest BCUT2D eigenvalue weighted by molar-refractivity contribution is 7.80. The zero-order chi connectivity index (χ0) is 14.0. The molecule has 0 aliphatic carbocycles. The Bertz CT molecular complexity index is 723. The second kappa shape index (κ2) is 5.07. The van der Waals surface area contributed by atoms with Crippen LogP contribution in [0.3, 0.4) is 0 Å². The van der Waals surface area contributed by atoms with Gasteiger partial charge in [0.1, 0.15) is 5.69 Å². The Labute approximate surface area is 113 Å². The van der Waals surface area contributed by atoms with Gasteiger partial charge < -0.3 is 15.2 Å². The molecule has 2 aromatic rings. The van der Waals surface area contributed by atoms with Crippen molar-refractivity contribution < 1.29 is 14.6 Å². The van der Waals surface area contributed by atoms with Gasteiger partial charge in [0, 0.05) is 6.20 Å². The molecule has 19 heavy (non-hydrogen) atoms. The summed E-state index contributed by atoms with van der Waals surface area (Å²) < 4.78 is 5.99. The number of hydrogen-bond donors (Lipinski definition) is 2. The summed E-state index contributed by atoms with van der Waals surface area (Å²) in [5.41, 5.74) is -0.0385. The molecule has 0 atom stereocenters. The SMILES string of the molecule is COC(=S)Nc1cc(C(=O)O)c2ccccn2c1=O. The number of hydrogen-bond acceptors (Lipinski definition) is 4. The quantitative estimate of drug-likeness (QED) is 0.807. The van der Waals surface area contributed by atoms with E-state index < -0.39 is 11.5 Å². The van der Waals surface area contributed by atoms with Gasteiger partial charge in [-0.05, 0) is 30.4 Å². The standard InChI is InChI=1S/C12H10N2O4S/c1-18-12(19)13-8-6-7(11(16)17)9-4-2-3-5-14(9)10(8)15/h2-6H,1H3,(H,13,19)(H,16,17). The predicted molar refractivity (Wildman–Crippen MR) is 73.9 cm³/mol. The van der Waals surface area contributed by atoms with Crippen LogP contribution >= 0.6 is 12.2 Å². The van der Waals surface area contributed by atoms with Crippen LogP contribution in [0, 0.1) is 0 Å². The van der Waals surface area contributed by atoms with Crippen molar-refractivity contribution in [3.63, 3.8) is 0 Å². The fraction of sp³-hybridized carbons (Fsp3) is 0.0833. The first-order valence-corrected chi connectivity index (χ1v) is 5.68. The normalized spacial score (nSPS) is 10.2. The molecule has 2 aromatic heterocycles. The molecular weight excluding hydrogens is 268 g/mol. The highest BCUT2D eigenvalue weighted by atomic mass is 32.1. The molecule has 0 unspecified atom stereocenters. The summed E-state index contributed by atoms with van der Waals surface area (Å²) in [5, 5.41) is 11.7. The van der Waals surface area contributed by atoms with Crippen molar-refractivity contribution in [3.05, 3.63) is 46.4 Å². The number of fused-ring (bicyclic) bond motifs is 1. The minimum Gasteiger partial charge on any atom is -0.478 e. The average molecular weight is 278 g/mol. The molecule has 0 aromatic carbocycles. The highest BCUT2D eigenvalue weighted by Gasteiger charge is 2.14. The van der Waals surface area contributed by atoms with Gasteiger partial charge in [-0.25, -0.2) is 4.79 Å². The van der Waals surface area contributed by atoms with Crippen LogP contribution in [-0.2, 0) is 4.74 Å². The average Bonchev–Trinajstić information content (AvgIpc) is 2.41. The third-order valence-electron chi connectivity index (χ3n) is 2.53. The van der Waals surface area contributed by atoms with Gasteiger partial charge in [0.25, 0.3) is 10.7 Å². The molecular formula is C12H10N2O4S. The van der Waals surface area contributed by atoms with E-state index in [-0.39, 0.29) is 16.4 Å². The number of carbonyl (C=O) groups is 1. The number of aromatic nitrogens is 1. The zero-order valence-corrected chi connectivity index (χ0v) is 10.7. The third kappa shape index (κ3) is 2.41. The van der Waals surface area contributed by atoms with Gasteiger partial charge in [-0.3, -0.25) is 9.20 Å². The Morgan fingerprint density at radius 2 is 2.21 bits per heavy atom. The van der Waals surface area contributed by atoms with E-state index in [1.54, 1.807) is 18.2 Å². The molecule has 2 rings (SSSR count). The van der Waals surface area contributed by atoms with Crippen LogP contribution < -0.4 is 10.9 Å². The Morgan fingerprint density at radius 3 is 2.84 bits per heavy atom. The van der Waals surface area contributed by atoms with Gasteiger partial charge >= 0.3 is 5.97 Å². The number of nitrogens with one attached hydrogen (secondary N) is 1. The second-order valence-electron chi connectivity index (χ2n) is 3.65. The Hall–Kier alpha value is -2.41. The van der Waals surface area contributed by atoms with Crippen molar-refractivity contribution in [2.75, 3.05) is 12.4 Å². The van der Waals surface area contributed by atoms with Crippen molar-refractivity contribution in [2.24, 2.45) is 0 Å². The van der Waals surface area contributed by atoms with Gasteiger partial charge in [-0.1, -0.05) is 6.07 Å². The van der Waals surface area contributed by atoms with Crippen LogP contribution in [0.4, 0.5) is 5.69 Å². The number of carboxylic acids is 1. The van der Waals surface area contributed by atoms with Gasteiger partial charge in [-0.2, -0.15) is 0 Å². The third-order valence-corrected chi connectivity index (χ3v) is 2.79. The summed E-state index contributed by atoms with van der Waals surface area (Å²) in [6.45, 7) is 0. The van der Waals surface area contributed by atoms with Crippen LogP contribution in [0.25, 0.3) is 5.52 Å². The van der Waals surface area contributed by atoms with Crippen LogP contribution in [0.2, 0.25) is 0 Å². The van der Waals surface area contributed by atoms with Crippen molar-refractivity contribution in [1.82, 2.24) is 4.40 Å². The van der Waals surface area contributed by atoms with Gasteiger partial charge in [0.2, 0.25) is 0 Å². The van der Waals surface area contributed by atoms with E-state index in [0.29, 0.717) is 5.52 Å². The second-order valence-corrected chi connectivity index (χ2v) is 4.03. The maximum atomic E-state index is 12.1. The number of ether oxygens (including phenoxy) is 1. The molecule has 98 valence electrons. The van der Waals surface area contributed by atoms with E-state index in [2.05, 4.69) is 5.32 Å². The first-order chi connectivity index (χ1) is 9.04. The summed E-state index contributed by atoms with van der Waals surface area (Å²) in [7, 11) is 1.35. The van der Waals surface area contributed by atoms with Gasteiger partial charge in [0.15, 0.2) is 0 Å². The largest absolute Gasteiger partial charge is 0.478 e. The number of aromatic carboxylic acids is 1. The van der Waals surface area contributed by atoms with Gasteiger partial charge in [-0.15, -0.1) is 0 Å². The molecule has 2 heterocycles. The van der Waals surface area contributed by atoms with Crippen molar-refractivity contribution in [2.45, 2.75) is 0 Å². The summed E-state index contributed by atoms with van der Waals surface area (Å²) in [5.74, 6) is -1.13. The molecule has 7 heteroatoms. The maximum absolute atomic E-state index is 12.1. The number of methoxy groups -OCH3 is 1. The molecule has 0 bridgehead atoms. The van der Waals surface area contributed by atoms with E-state index in [1.807, 2.05) is 0 Å². The number of rotatable bonds is 2. The molecule has 0 radical (unpaired) electrons. The zero-order valence-electron chi connectivity index (χ0n) is 9.91. The first-order valence-electron chi connectivity index (χ1n) is 5.27. The van der Waals surface area contributed by atoms with E-state index in [1.165, 1.54) is 23.8 Å². The lowest BCUT2D eigenvalue weighted by Crippen LogP contribution is -2.23. The molecule has 0 aliphatic rings. The van der Waals surface area contributed by atoms with Crippen molar-refractivity contribution >= 4 is 34.6 Å². The van der Waals surface area contributed by atoms with E-state index >= 15 is 0 Å². The van der Waals surface area contributed by atoms with Crippen molar-refractivity contribution in [1.29, 1.82) is 0 Å². The van der Waals surface area contributed by atoms with E-state index in [9.17, 15) is 14.7 Å². The van der Waals surface area contributed by atoms with E-state index in [4.69, 9.17) is 17.0 Å². The fourth-order valence-corrected chi connectivity index (χ4v) is 1.78. The minimum atomic E-state index is -1.13. The monoisotopic (exact) mass is 278 g/mol. The predicted octanol–water partition coefficient (Wildman–Crippen LogP) is 1.34. The fourth-order valence-electron chi connectivity index (χ4n) is 1.67. The first kappa shape index (κ1) is 13.0. The topological polar surface area (TPSA) is 80.0 Å². The van der Waals surface area contributed by atoms with Crippen LogP contribution in [-0.4, -0.2) is 27.8 Å². The number of carboxylic acid groups (broad SMARTS) is 1. The number of thiocarbonyl (C=S) groups is 1. The smallest absolute Gasteiger partial charge is 0.337 e. The molecule has 0 spiro atoms. The Morgan fingerprint density at radius 1 is 1.47 bits per heavy atom. The minimum absolute atomic E-state index is 0.00148. The number of anilines is 1. The molecule has 0 aliphatic heterocycles. The molecule has 0 fully saturated rings. The molecule has 6 nitrogen and oxygen atoms in total. The molecule has 0 amide bonds. The molecule has 0 saturated carbocycles. The molecule has 0 saturated heterocycles. The summed E-state index contributed by atoms with van der Waals surface area (Å²) in [6.07, 6.45) is 1.49. The molecule has 2 N–H and O–H groups in total. The summed E-state index contributed by atoms with van der Waals surface area (Å²) in [4.78, 5) is 23.4. The number of pyridine rings is 2. The maximum Gasteiger partial charge on any atom is 0.337 e. The van der Waals surface area contributed by atoms with Crippen LogP contribution in [0.1, 0.15) is 10.4 Å². The van der Waals surface area contributed by atoms with E-state index in [0.717, 1.165) is 0 Å². The highest BCUT2D eigenvalue weighted by Crippen LogP contribution is 2.13. The summed E-state index contributed by atoms with van der Waals surface area (Å²) >= 11 is 4.80. The lowest BCUT2D eigenvalue weighted by molar-refractivity contribution is 0.0698. The Kier molecular flexibility index (Phi) is 3.48. The van der Waals surface area contributed by atoms with Crippen molar-refractivity contribution in [3.8, 4) is 0 Å². The lowest BCUT2D eigenvalue weighted by Gasteiger charge is -2.10. The van der Waals surface area contributed by atoms with Crippen LogP contribution in [0.15, 0.2) is 35.3 Å². The Balaban J connectivity index is 2.73.